The van der Waals surface area contributed by atoms with Crippen molar-refractivity contribution in [2.24, 2.45) is 0 Å². The third-order valence-electron chi connectivity index (χ3n) is 7.02. The van der Waals surface area contributed by atoms with Crippen LogP contribution in [0.25, 0.3) is 0 Å². The minimum atomic E-state index is -3.16. The van der Waals surface area contributed by atoms with Crippen LogP contribution in [0.3, 0.4) is 0 Å². The van der Waals surface area contributed by atoms with Crippen LogP contribution in [0.15, 0.2) is 121 Å². The van der Waals surface area contributed by atoms with Crippen molar-refractivity contribution < 1.29 is 52.0 Å². The van der Waals surface area contributed by atoms with E-state index in [1.165, 1.54) is 48.5 Å². The third kappa shape index (κ3) is 7.45. The summed E-state index contributed by atoms with van der Waals surface area (Å²) in [6, 6.07) is 31.1. The summed E-state index contributed by atoms with van der Waals surface area (Å²) in [5.41, 5.74) is 0.345. The van der Waals surface area contributed by atoms with Crippen LogP contribution in [0.4, 0.5) is 4.39 Å². The van der Waals surface area contributed by atoms with Crippen LogP contribution in [0.1, 0.15) is 41.4 Å². The summed E-state index contributed by atoms with van der Waals surface area (Å²) in [7, 11) is 1.15. The van der Waals surface area contributed by atoms with Gasteiger partial charge in [-0.05, 0) is 48.5 Å². The second kappa shape index (κ2) is 14.6. The molecule has 0 radical (unpaired) electrons. The highest BCUT2D eigenvalue weighted by molar-refractivity contribution is 5.91. The van der Waals surface area contributed by atoms with Crippen molar-refractivity contribution in [1.82, 2.24) is 0 Å². The predicted octanol–water partition coefficient (Wildman–Crippen LogP) is 5.19. The van der Waals surface area contributed by atoms with E-state index < -0.39 is 60.9 Å². The molecule has 11 heteroatoms. The van der Waals surface area contributed by atoms with Crippen molar-refractivity contribution in [2.75, 3.05) is 13.7 Å². The van der Waals surface area contributed by atoms with Gasteiger partial charge < -0.3 is 28.4 Å². The van der Waals surface area contributed by atoms with Gasteiger partial charge in [0.15, 0.2) is 18.8 Å². The van der Waals surface area contributed by atoms with Gasteiger partial charge in [-0.15, -0.1) is 0 Å². The van der Waals surface area contributed by atoms with E-state index in [1.54, 1.807) is 72.8 Å². The number of benzene rings is 4. The Morgan fingerprint density at radius 2 is 0.957 bits per heavy atom. The summed E-state index contributed by atoms with van der Waals surface area (Å²) in [6.45, 7) is -1.12. The minimum absolute atomic E-state index is 0.0333. The van der Waals surface area contributed by atoms with Crippen LogP contribution in [-0.4, -0.2) is 68.1 Å². The van der Waals surface area contributed by atoms with Gasteiger partial charge in [-0.25, -0.2) is 23.6 Å². The van der Waals surface area contributed by atoms with Crippen molar-refractivity contribution in [1.29, 1.82) is 0 Å². The Balaban J connectivity index is 1.54. The summed E-state index contributed by atoms with van der Waals surface area (Å²) in [4.78, 5) is 52.7. The maximum atomic E-state index is 17.2. The molecule has 0 amide bonds. The SMILES string of the molecule is CO[C@@H]1O[C@](F)(COC(=O)c2ccccc2)[C@@H](OC(=O)c2ccccc2)[C@H](OC(=O)c2ccccc2)[C@H]1OC(=O)c1ccccc1. The number of carbonyl (C=O) groups is 4. The van der Waals surface area contributed by atoms with Crippen molar-refractivity contribution >= 4 is 23.9 Å². The van der Waals surface area contributed by atoms with Gasteiger partial charge in [0.05, 0.1) is 22.3 Å². The molecule has 0 spiro atoms. The molecule has 5 atom stereocenters. The molecule has 1 saturated heterocycles. The summed E-state index contributed by atoms with van der Waals surface area (Å²) in [5, 5.41) is 0. The molecule has 1 fully saturated rings. The molecular formula is C35H29FO10. The molecule has 0 unspecified atom stereocenters. The van der Waals surface area contributed by atoms with E-state index in [0.717, 1.165) is 7.11 Å². The largest absolute Gasteiger partial charge is 0.456 e. The van der Waals surface area contributed by atoms with E-state index in [9.17, 15) is 19.2 Å². The molecule has 10 nitrogen and oxygen atoms in total. The first-order valence-electron chi connectivity index (χ1n) is 14.2. The van der Waals surface area contributed by atoms with Crippen molar-refractivity contribution in [3.63, 3.8) is 0 Å². The van der Waals surface area contributed by atoms with Gasteiger partial charge in [-0.2, -0.15) is 0 Å². The van der Waals surface area contributed by atoms with Gasteiger partial charge in [0.2, 0.25) is 12.4 Å². The van der Waals surface area contributed by atoms with Crippen LogP contribution in [0.2, 0.25) is 0 Å². The second-order valence-electron chi connectivity index (χ2n) is 10.1. The molecule has 5 rings (SSSR count). The zero-order valence-corrected chi connectivity index (χ0v) is 24.5. The lowest BCUT2D eigenvalue weighted by molar-refractivity contribution is -0.366. The van der Waals surface area contributed by atoms with Crippen molar-refractivity contribution in [2.45, 2.75) is 30.5 Å². The maximum absolute atomic E-state index is 17.2. The smallest absolute Gasteiger partial charge is 0.338 e. The molecule has 4 aromatic carbocycles. The molecular weight excluding hydrogens is 599 g/mol. The number of hydrogen-bond acceptors (Lipinski definition) is 10. The van der Waals surface area contributed by atoms with Crippen LogP contribution in [-0.2, 0) is 28.4 Å². The van der Waals surface area contributed by atoms with Gasteiger partial charge in [0.1, 0.15) is 0 Å². The molecule has 1 aliphatic rings. The Labute approximate surface area is 263 Å². The number of halogens is 1. The van der Waals surface area contributed by atoms with Crippen molar-refractivity contribution in [3.05, 3.63) is 144 Å². The van der Waals surface area contributed by atoms with Gasteiger partial charge in [-0.1, -0.05) is 72.8 Å². The Morgan fingerprint density at radius 1 is 0.587 bits per heavy atom. The van der Waals surface area contributed by atoms with Crippen molar-refractivity contribution in [3.8, 4) is 0 Å². The molecule has 1 heterocycles. The van der Waals surface area contributed by atoms with Crippen LogP contribution in [0, 0.1) is 0 Å². The normalized spacial score (nSPS) is 22.2. The minimum Gasteiger partial charge on any atom is -0.456 e. The van der Waals surface area contributed by atoms with Crippen LogP contribution in [0.5, 0.6) is 0 Å². The summed E-state index contributed by atoms with van der Waals surface area (Å²) in [5.74, 6) is -6.92. The average molecular weight is 629 g/mol. The summed E-state index contributed by atoms with van der Waals surface area (Å²) >= 11 is 0. The Kier molecular flexibility index (Phi) is 10.2. The Morgan fingerprint density at radius 3 is 1.37 bits per heavy atom. The fourth-order valence-corrected chi connectivity index (χ4v) is 4.72. The number of alkyl halides is 1. The molecule has 236 valence electrons. The highest BCUT2D eigenvalue weighted by Gasteiger charge is 2.62. The number of carbonyl (C=O) groups excluding carboxylic acids is 4. The summed E-state index contributed by atoms with van der Waals surface area (Å²) < 4.78 is 50.5. The first-order valence-corrected chi connectivity index (χ1v) is 14.2. The lowest BCUT2D eigenvalue weighted by Gasteiger charge is -2.46. The van der Waals surface area contributed by atoms with E-state index in [0.29, 0.717) is 0 Å². The molecule has 0 aliphatic carbocycles. The quantitative estimate of drug-likeness (QED) is 0.171. The number of hydrogen-bond donors (Lipinski definition) is 0. The Hall–Kier alpha value is -5.39. The molecule has 0 saturated carbocycles. The van der Waals surface area contributed by atoms with Gasteiger partial charge in [0.25, 0.3) is 5.85 Å². The number of ether oxygens (including phenoxy) is 6. The first-order chi connectivity index (χ1) is 22.3. The number of methoxy groups -OCH3 is 1. The van der Waals surface area contributed by atoms with Gasteiger partial charge in [0, 0.05) is 7.11 Å². The molecule has 0 aromatic heterocycles. The zero-order valence-electron chi connectivity index (χ0n) is 24.5. The average Bonchev–Trinajstić information content (AvgIpc) is 3.11. The zero-order chi connectivity index (χ0) is 32.5. The van der Waals surface area contributed by atoms with E-state index in [2.05, 4.69) is 0 Å². The highest BCUT2D eigenvalue weighted by Crippen LogP contribution is 2.38. The van der Waals surface area contributed by atoms with E-state index in [4.69, 9.17) is 28.4 Å². The van der Waals surface area contributed by atoms with E-state index in [-0.39, 0.29) is 22.3 Å². The van der Waals surface area contributed by atoms with Crippen LogP contribution < -0.4 is 0 Å². The standard InChI is InChI=1S/C35H29FO10/c1-41-34-28(44-32(39)25-18-10-4-11-19-25)27(43-31(38)24-16-8-3-9-17-24)29(45-33(40)26-20-12-5-13-21-26)35(36,46-34)22-42-30(37)23-14-6-2-7-15-23/h2-21,27-29,34H,22H2,1H3/t27-,28-,29+,34-,35-/m1/s1. The molecule has 4 aromatic rings. The summed E-state index contributed by atoms with van der Waals surface area (Å²) in [6.07, 6.45) is -7.36. The number of esters is 4. The Bertz CT molecular complexity index is 1640. The molecule has 0 bridgehead atoms. The number of rotatable bonds is 10. The fourth-order valence-electron chi connectivity index (χ4n) is 4.72. The van der Waals surface area contributed by atoms with Gasteiger partial charge in [-0.3, -0.25) is 0 Å². The highest BCUT2D eigenvalue weighted by atomic mass is 19.2. The first kappa shape index (κ1) is 32.0. The maximum Gasteiger partial charge on any atom is 0.338 e. The lowest BCUT2D eigenvalue weighted by atomic mass is 9.95. The second-order valence-corrected chi connectivity index (χ2v) is 10.1. The van der Waals surface area contributed by atoms with E-state index in [1.807, 2.05) is 0 Å². The van der Waals surface area contributed by atoms with E-state index >= 15 is 4.39 Å². The third-order valence-corrected chi connectivity index (χ3v) is 7.02. The monoisotopic (exact) mass is 628 g/mol. The topological polar surface area (TPSA) is 124 Å². The predicted molar refractivity (Wildman–Crippen MR) is 159 cm³/mol. The molecule has 46 heavy (non-hydrogen) atoms. The fraction of sp³-hybridized carbons (Fsp3) is 0.200. The molecule has 1 aliphatic heterocycles. The van der Waals surface area contributed by atoms with Gasteiger partial charge >= 0.3 is 23.9 Å². The molecule has 0 N–H and O–H groups in total. The van der Waals surface area contributed by atoms with Crippen LogP contribution >= 0.6 is 0 Å². The lowest BCUT2D eigenvalue weighted by Crippen LogP contribution is -2.67.